The largest absolute Gasteiger partial charge is 0.480 e. The van der Waals surface area contributed by atoms with Gasteiger partial charge in [-0.3, -0.25) is 9.69 Å². The molecule has 2 heterocycles. The second-order valence-electron chi connectivity index (χ2n) is 5.43. The van der Waals surface area contributed by atoms with Gasteiger partial charge in [0, 0.05) is 12.1 Å². The first-order valence-electron chi connectivity index (χ1n) is 7.15. The number of piperidine rings is 1. The van der Waals surface area contributed by atoms with Crippen molar-refractivity contribution in [1.82, 2.24) is 15.0 Å². The zero-order valence-electron chi connectivity index (χ0n) is 12.3. The van der Waals surface area contributed by atoms with Gasteiger partial charge in [0.1, 0.15) is 5.82 Å². The lowest BCUT2D eigenvalue weighted by molar-refractivity contribution is -0.138. The molecule has 0 spiro atoms. The molecule has 1 aromatic carbocycles. The number of likely N-dealkylation sites (tertiary alicyclic amines) is 1. The molecule has 0 aliphatic carbocycles. The highest BCUT2D eigenvalue weighted by atomic mass is 35.5. The van der Waals surface area contributed by atoms with E-state index in [1.54, 1.807) is 12.1 Å². The fourth-order valence-electron chi connectivity index (χ4n) is 2.74. The first-order valence-corrected chi connectivity index (χ1v) is 7.15. The van der Waals surface area contributed by atoms with Crippen LogP contribution in [0.4, 0.5) is 4.39 Å². The molecule has 0 saturated carbocycles. The van der Waals surface area contributed by atoms with Gasteiger partial charge in [0.05, 0.1) is 12.5 Å². The number of nitrogens with zero attached hydrogens (tertiary/aromatic N) is 3. The number of halogens is 2. The van der Waals surface area contributed by atoms with Crippen molar-refractivity contribution in [3.8, 4) is 11.4 Å². The molecule has 3 rings (SSSR count). The number of benzene rings is 1. The molecule has 0 bridgehead atoms. The van der Waals surface area contributed by atoms with E-state index in [1.807, 2.05) is 4.90 Å². The van der Waals surface area contributed by atoms with E-state index in [1.165, 1.54) is 12.1 Å². The molecule has 0 radical (unpaired) electrons. The molecule has 6 nitrogen and oxygen atoms in total. The minimum absolute atomic E-state index is 0. The number of aliphatic carboxylic acids is 1. The Bertz CT molecular complexity index is 679. The maximum atomic E-state index is 13.2. The minimum atomic E-state index is -0.841. The smallest absolute Gasteiger partial charge is 0.317 e. The van der Waals surface area contributed by atoms with Crippen molar-refractivity contribution in [2.75, 3.05) is 19.6 Å². The van der Waals surface area contributed by atoms with Crippen LogP contribution in [0.15, 0.2) is 28.8 Å². The molecule has 1 fully saturated rings. The van der Waals surface area contributed by atoms with Crippen LogP contribution in [0.3, 0.4) is 0 Å². The molecule has 1 unspecified atom stereocenters. The van der Waals surface area contributed by atoms with Crippen LogP contribution in [0, 0.1) is 5.82 Å². The van der Waals surface area contributed by atoms with Gasteiger partial charge in [0.15, 0.2) is 0 Å². The molecule has 124 valence electrons. The molecule has 1 aromatic heterocycles. The van der Waals surface area contributed by atoms with Gasteiger partial charge in [-0.25, -0.2) is 4.39 Å². The van der Waals surface area contributed by atoms with Gasteiger partial charge in [0.2, 0.25) is 11.7 Å². The summed E-state index contributed by atoms with van der Waals surface area (Å²) in [6, 6.07) is 6.02. The summed E-state index contributed by atoms with van der Waals surface area (Å²) in [5, 5.41) is 12.8. The van der Waals surface area contributed by atoms with Crippen molar-refractivity contribution in [1.29, 1.82) is 0 Å². The third kappa shape index (κ3) is 4.27. The SMILES string of the molecule is Cl.O=C(O)CN1CCCC(c2nc(-c3cccc(F)c3)no2)C1. The van der Waals surface area contributed by atoms with Crippen LogP contribution in [0.1, 0.15) is 24.7 Å². The van der Waals surface area contributed by atoms with E-state index >= 15 is 0 Å². The second kappa shape index (κ2) is 7.52. The third-order valence-electron chi connectivity index (χ3n) is 3.74. The lowest BCUT2D eigenvalue weighted by Gasteiger charge is -2.29. The van der Waals surface area contributed by atoms with Gasteiger partial charge >= 0.3 is 5.97 Å². The number of aromatic nitrogens is 2. The second-order valence-corrected chi connectivity index (χ2v) is 5.43. The van der Waals surface area contributed by atoms with Crippen LogP contribution in [-0.2, 0) is 4.79 Å². The average molecular weight is 342 g/mol. The number of carboxylic acid groups (broad SMARTS) is 1. The zero-order chi connectivity index (χ0) is 15.5. The zero-order valence-corrected chi connectivity index (χ0v) is 13.1. The van der Waals surface area contributed by atoms with Crippen LogP contribution >= 0.6 is 12.4 Å². The van der Waals surface area contributed by atoms with Crippen molar-refractivity contribution in [2.24, 2.45) is 0 Å². The van der Waals surface area contributed by atoms with Crippen LogP contribution in [-0.4, -0.2) is 45.8 Å². The van der Waals surface area contributed by atoms with Crippen molar-refractivity contribution in [3.05, 3.63) is 36.0 Å². The Morgan fingerprint density at radius 1 is 1.48 bits per heavy atom. The first kappa shape index (κ1) is 17.4. The van der Waals surface area contributed by atoms with Gasteiger partial charge in [-0.1, -0.05) is 17.3 Å². The molecule has 0 amide bonds. The van der Waals surface area contributed by atoms with Crippen molar-refractivity contribution >= 4 is 18.4 Å². The molecule has 1 N–H and O–H groups in total. The van der Waals surface area contributed by atoms with Gasteiger partial charge in [-0.2, -0.15) is 4.98 Å². The van der Waals surface area contributed by atoms with Crippen LogP contribution in [0.5, 0.6) is 0 Å². The molecular formula is C15H17ClFN3O3. The fourth-order valence-corrected chi connectivity index (χ4v) is 2.74. The Hall–Kier alpha value is -1.99. The maximum absolute atomic E-state index is 13.2. The summed E-state index contributed by atoms with van der Waals surface area (Å²) in [7, 11) is 0. The van der Waals surface area contributed by atoms with E-state index in [9.17, 15) is 9.18 Å². The molecular weight excluding hydrogens is 325 g/mol. The van der Waals surface area contributed by atoms with Crippen LogP contribution < -0.4 is 0 Å². The van der Waals surface area contributed by atoms with Crippen molar-refractivity contribution in [3.63, 3.8) is 0 Å². The molecule has 1 atom stereocenters. The number of rotatable bonds is 4. The van der Waals surface area contributed by atoms with E-state index < -0.39 is 5.97 Å². The Labute approximate surface area is 138 Å². The van der Waals surface area contributed by atoms with Crippen LogP contribution in [0.2, 0.25) is 0 Å². The topological polar surface area (TPSA) is 79.5 Å². The number of hydrogen-bond donors (Lipinski definition) is 1. The predicted octanol–water partition coefficient (Wildman–Crippen LogP) is 2.56. The normalized spacial score (nSPS) is 18.4. The highest BCUT2D eigenvalue weighted by Crippen LogP contribution is 2.27. The maximum Gasteiger partial charge on any atom is 0.317 e. The summed E-state index contributed by atoms with van der Waals surface area (Å²) in [6.45, 7) is 1.35. The van der Waals surface area contributed by atoms with E-state index in [-0.39, 0.29) is 30.7 Å². The standard InChI is InChI=1S/C15H16FN3O3.ClH/c16-12-5-1-3-10(7-12)14-17-15(22-18-14)11-4-2-6-19(8-11)9-13(20)21;/h1,3,5,7,11H,2,4,6,8-9H2,(H,20,21);1H. The van der Waals surface area contributed by atoms with Crippen molar-refractivity contribution in [2.45, 2.75) is 18.8 Å². The number of carboxylic acids is 1. The van der Waals surface area contributed by atoms with E-state index in [0.29, 0.717) is 23.8 Å². The molecule has 1 aliphatic rings. The van der Waals surface area contributed by atoms with E-state index in [0.717, 1.165) is 19.4 Å². The Kier molecular flexibility index (Phi) is 5.68. The highest BCUT2D eigenvalue weighted by Gasteiger charge is 2.27. The van der Waals surface area contributed by atoms with Gasteiger partial charge in [0.25, 0.3) is 0 Å². The number of hydrogen-bond acceptors (Lipinski definition) is 5. The monoisotopic (exact) mass is 341 g/mol. The van der Waals surface area contributed by atoms with E-state index in [2.05, 4.69) is 10.1 Å². The predicted molar refractivity (Wildman–Crippen MR) is 83.0 cm³/mol. The molecule has 1 aliphatic heterocycles. The van der Waals surface area contributed by atoms with Crippen molar-refractivity contribution < 1.29 is 18.8 Å². The van der Waals surface area contributed by atoms with Crippen LogP contribution in [0.25, 0.3) is 11.4 Å². The Balaban J connectivity index is 0.00000192. The molecule has 2 aromatic rings. The lowest BCUT2D eigenvalue weighted by Crippen LogP contribution is -2.38. The van der Waals surface area contributed by atoms with Gasteiger partial charge < -0.3 is 9.63 Å². The summed E-state index contributed by atoms with van der Waals surface area (Å²) in [6.07, 6.45) is 1.76. The third-order valence-corrected chi connectivity index (χ3v) is 3.74. The first-order chi connectivity index (χ1) is 10.6. The molecule has 23 heavy (non-hydrogen) atoms. The summed E-state index contributed by atoms with van der Waals surface area (Å²) >= 11 is 0. The lowest BCUT2D eigenvalue weighted by atomic mass is 9.98. The minimum Gasteiger partial charge on any atom is -0.480 e. The molecule has 8 heteroatoms. The van der Waals surface area contributed by atoms with E-state index in [4.69, 9.17) is 9.63 Å². The molecule has 1 saturated heterocycles. The van der Waals surface area contributed by atoms with Gasteiger partial charge in [-0.05, 0) is 31.5 Å². The van der Waals surface area contributed by atoms with Gasteiger partial charge in [-0.15, -0.1) is 12.4 Å². The fraction of sp³-hybridized carbons (Fsp3) is 0.400. The average Bonchev–Trinajstić information content (AvgIpc) is 2.97. The summed E-state index contributed by atoms with van der Waals surface area (Å²) in [5.41, 5.74) is 0.563. The summed E-state index contributed by atoms with van der Waals surface area (Å²) in [4.78, 5) is 17.0. The Morgan fingerprint density at radius 2 is 2.30 bits per heavy atom. The quantitative estimate of drug-likeness (QED) is 0.920. The highest BCUT2D eigenvalue weighted by molar-refractivity contribution is 5.85. The Morgan fingerprint density at radius 3 is 3.04 bits per heavy atom. The summed E-state index contributed by atoms with van der Waals surface area (Å²) in [5.74, 6) is -0.345. The number of carbonyl (C=O) groups is 1. The summed E-state index contributed by atoms with van der Waals surface area (Å²) < 4.78 is 18.5.